The molecule has 2 atom stereocenters. The van der Waals surface area contributed by atoms with Crippen molar-refractivity contribution in [1.29, 1.82) is 0 Å². The number of tetrazole rings is 1. The van der Waals surface area contributed by atoms with Crippen LogP contribution < -0.4 is 4.74 Å². The molecule has 0 unspecified atom stereocenters. The topological polar surface area (TPSA) is 73.1 Å². The molecule has 0 radical (unpaired) electrons. The van der Waals surface area contributed by atoms with Gasteiger partial charge in [-0.2, -0.15) is 4.68 Å². The Hall–Kier alpha value is -2.09. The highest BCUT2D eigenvalue weighted by atomic mass is 32.2. The zero-order valence-electron chi connectivity index (χ0n) is 17.0. The predicted molar refractivity (Wildman–Crippen MR) is 108 cm³/mol. The maximum atomic E-state index is 12.9. The standard InChI is InChI=1S/C19H29N5O2S/c1-7-14(4)23(15(5)8-2)18(25)12-27-19-20-21-22-24(19)16-11-13(3)9-10-17(16)26-6/h9-11,14-15H,7-8,12H2,1-6H3/t14-,15-/m0/s1. The van der Waals surface area contributed by atoms with Gasteiger partial charge in [0.15, 0.2) is 0 Å². The monoisotopic (exact) mass is 391 g/mol. The molecule has 7 nitrogen and oxygen atoms in total. The van der Waals surface area contributed by atoms with Crippen LogP contribution in [-0.2, 0) is 4.79 Å². The number of carbonyl (C=O) groups is 1. The number of benzene rings is 1. The second-order valence-corrected chi connectivity index (χ2v) is 7.60. The lowest BCUT2D eigenvalue weighted by atomic mass is 10.1. The van der Waals surface area contributed by atoms with Crippen LogP contribution >= 0.6 is 11.8 Å². The van der Waals surface area contributed by atoms with E-state index in [0.717, 1.165) is 24.1 Å². The summed E-state index contributed by atoms with van der Waals surface area (Å²) >= 11 is 1.35. The number of thioether (sulfide) groups is 1. The molecule has 0 saturated heterocycles. The van der Waals surface area contributed by atoms with Crippen LogP contribution in [0.2, 0.25) is 0 Å². The summed E-state index contributed by atoms with van der Waals surface area (Å²) in [5.74, 6) is 1.08. The summed E-state index contributed by atoms with van der Waals surface area (Å²) in [4.78, 5) is 14.8. The average molecular weight is 392 g/mol. The molecule has 0 aliphatic heterocycles. The lowest BCUT2D eigenvalue weighted by Crippen LogP contribution is -2.45. The Labute approximate surface area is 165 Å². The van der Waals surface area contributed by atoms with Gasteiger partial charge in [-0.3, -0.25) is 4.79 Å². The summed E-state index contributed by atoms with van der Waals surface area (Å²) in [6, 6.07) is 6.24. The van der Waals surface area contributed by atoms with Gasteiger partial charge >= 0.3 is 0 Å². The Bertz CT molecular complexity index is 754. The van der Waals surface area contributed by atoms with Gasteiger partial charge in [0.25, 0.3) is 0 Å². The Balaban J connectivity index is 2.20. The van der Waals surface area contributed by atoms with E-state index >= 15 is 0 Å². The van der Waals surface area contributed by atoms with Crippen LogP contribution in [0, 0.1) is 6.92 Å². The fourth-order valence-electron chi connectivity index (χ4n) is 2.91. The summed E-state index contributed by atoms with van der Waals surface area (Å²) in [6.07, 6.45) is 1.86. The summed E-state index contributed by atoms with van der Waals surface area (Å²) in [5, 5.41) is 12.5. The van der Waals surface area contributed by atoms with Crippen molar-refractivity contribution in [1.82, 2.24) is 25.1 Å². The Morgan fingerprint density at radius 3 is 2.52 bits per heavy atom. The third kappa shape index (κ3) is 5.00. The molecule has 0 N–H and O–H groups in total. The van der Waals surface area contributed by atoms with Crippen LogP contribution in [0.1, 0.15) is 46.1 Å². The first-order valence-corrected chi connectivity index (χ1v) is 10.3. The van der Waals surface area contributed by atoms with Gasteiger partial charge in [-0.1, -0.05) is 31.7 Å². The first-order chi connectivity index (χ1) is 12.9. The van der Waals surface area contributed by atoms with Gasteiger partial charge in [-0.05, 0) is 61.7 Å². The number of nitrogens with zero attached hydrogens (tertiary/aromatic N) is 5. The molecule has 8 heteroatoms. The number of aryl methyl sites for hydroxylation is 1. The van der Waals surface area contributed by atoms with Crippen molar-refractivity contribution in [3.05, 3.63) is 23.8 Å². The molecule has 27 heavy (non-hydrogen) atoms. The molecule has 1 heterocycles. The SMILES string of the molecule is CC[C@H](C)N(C(=O)CSc1nnnn1-c1cc(C)ccc1OC)[C@@H](C)CC. The molecule has 0 aliphatic carbocycles. The van der Waals surface area contributed by atoms with E-state index in [1.54, 1.807) is 11.8 Å². The van der Waals surface area contributed by atoms with Crippen LogP contribution in [0.15, 0.2) is 23.4 Å². The summed E-state index contributed by atoms with van der Waals surface area (Å²) in [7, 11) is 1.62. The van der Waals surface area contributed by atoms with Gasteiger partial charge in [-0.15, -0.1) is 5.10 Å². The Kier molecular flexibility index (Phi) is 7.65. The maximum Gasteiger partial charge on any atom is 0.233 e. The second-order valence-electron chi connectivity index (χ2n) is 6.65. The first kappa shape index (κ1) is 21.2. The number of methoxy groups -OCH3 is 1. The van der Waals surface area contributed by atoms with Crippen molar-refractivity contribution >= 4 is 17.7 Å². The number of rotatable bonds is 9. The molecular weight excluding hydrogens is 362 g/mol. The van der Waals surface area contributed by atoms with Gasteiger partial charge in [0.05, 0.1) is 12.9 Å². The first-order valence-electron chi connectivity index (χ1n) is 9.30. The van der Waals surface area contributed by atoms with Crippen molar-refractivity contribution < 1.29 is 9.53 Å². The number of amides is 1. The molecule has 0 aliphatic rings. The van der Waals surface area contributed by atoms with E-state index in [-0.39, 0.29) is 18.0 Å². The van der Waals surface area contributed by atoms with Crippen LogP contribution in [-0.4, -0.2) is 56.0 Å². The minimum atomic E-state index is 0.106. The molecule has 0 saturated carbocycles. The largest absolute Gasteiger partial charge is 0.494 e. The van der Waals surface area contributed by atoms with Crippen molar-refractivity contribution in [2.24, 2.45) is 0 Å². The lowest BCUT2D eigenvalue weighted by molar-refractivity contribution is -0.132. The molecule has 1 aromatic heterocycles. The molecule has 148 valence electrons. The predicted octanol–water partition coefficient (Wildman–Crippen LogP) is 3.50. The molecule has 0 spiro atoms. The lowest BCUT2D eigenvalue weighted by Gasteiger charge is -2.34. The Morgan fingerprint density at radius 2 is 1.93 bits per heavy atom. The fraction of sp³-hybridized carbons (Fsp3) is 0.579. The van der Waals surface area contributed by atoms with Gasteiger partial charge in [0.1, 0.15) is 11.4 Å². The van der Waals surface area contributed by atoms with Gasteiger partial charge in [0, 0.05) is 12.1 Å². The molecule has 0 fully saturated rings. The molecule has 1 amide bonds. The summed E-state index contributed by atoms with van der Waals surface area (Å²) in [6.45, 7) is 10.4. The normalized spacial score (nSPS) is 13.3. The number of hydrogen-bond donors (Lipinski definition) is 0. The number of ether oxygens (including phenoxy) is 1. The summed E-state index contributed by atoms with van der Waals surface area (Å²) < 4.78 is 7.06. The molecule has 0 bridgehead atoms. The summed E-state index contributed by atoms with van der Waals surface area (Å²) in [5.41, 5.74) is 1.84. The molecular formula is C19H29N5O2S. The van der Waals surface area contributed by atoms with Crippen molar-refractivity contribution in [2.75, 3.05) is 12.9 Å². The van der Waals surface area contributed by atoms with E-state index in [0.29, 0.717) is 16.7 Å². The van der Waals surface area contributed by atoms with E-state index in [4.69, 9.17) is 4.74 Å². The molecule has 1 aromatic carbocycles. The third-order valence-electron chi connectivity index (χ3n) is 4.75. The van der Waals surface area contributed by atoms with Crippen LogP contribution in [0.4, 0.5) is 0 Å². The maximum absolute atomic E-state index is 12.9. The molecule has 2 rings (SSSR count). The third-order valence-corrected chi connectivity index (χ3v) is 5.65. The highest BCUT2D eigenvalue weighted by Crippen LogP contribution is 2.27. The number of aromatic nitrogens is 4. The smallest absolute Gasteiger partial charge is 0.233 e. The zero-order valence-corrected chi connectivity index (χ0v) is 17.8. The van der Waals surface area contributed by atoms with E-state index in [9.17, 15) is 4.79 Å². The van der Waals surface area contributed by atoms with Gasteiger partial charge < -0.3 is 9.64 Å². The van der Waals surface area contributed by atoms with E-state index < -0.39 is 0 Å². The van der Waals surface area contributed by atoms with Crippen molar-refractivity contribution in [2.45, 2.75) is 64.7 Å². The quantitative estimate of drug-likeness (QED) is 0.609. The minimum Gasteiger partial charge on any atom is -0.494 e. The minimum absolute atomic E-state index is 0.106. The van der Waals surface area contributed by atoms with E-state index in [2.05, 4.69) is 43.2 Å². The van der Waals surface area contributed by atoms with Crippen LogP contribution in [0.3, 0.4) is 0 Å². The second kappa shape index (κ2) is 9.73. The van der Waals surface area contributed by atoms with E-state index in [1.165, 1.54) is 11.8 Å². The number of hydrogen-bond acceptors (Lipinski definition) is 6. The molecule has 2 aromatic rings. The van der Waals surface area contributed by atoms with Crippen molar-refractivity contribution in [3.63, 3.8) is 0 Å². The highest BCUT2D eigenvalue weighted by Gasteiger charge is 2.24. The van der Waals surface area contributed by atoms with Crippen molar-refractivity contribution in [3.8, 4) is 11.4 Å². The number of carbonyl (C=O) groups excluding carboxylic acids is 1. The van der Waals surface area contributed by atoms with Gasteiger partial charge in [0.2, 0.25) is 11.1 Å². The highest BCUT2D eigenvalue weighted by molar-refractivity contribution is 7.99. The zero-order chi connectivity index (χ0) is 20.0. The van der Waals surface area contributed by atoms with E-state index in [1.807, 2.05) is 30.0 Å². The van der Waals surface area contributed by atoms with Gasteiger partial charge in [-0.25, -0.2) is 0 Å². The Morgan fingerprint density at radius 1 is 1.26 bits per heavy atom. The van der Waals surface area contributed by atoms with Crippen LogP contribution in [0.25, 0.3) is 5.69 Å². The average Bonchev–Trinajstić information content (AvgIpc) is 3.14. The van der Waals surface area contributed by atoms with Crippen LogP contribution in [0.5, 0.6) is 5.75 Å². The fourth-order valence-corrected chi connectivity index (χ4v) is 3.66.